The number of aromatic amines is 1. The fourth-order valence-electron chi connectivity index (χ4n) is 2.18. The summed E-state index contributed by atoms with van der Waals surface area (Å²) >= 11 is 0. The van der Waals surface area contributed by atoms with Crippen molar-refractivity contribution in [1.29, 1.82) is 0 Å². The zero-order chi connectivity index (χ0) is 12.5. The maximum atomic E-state index is 12.3. The highest BCUT2D eigenvalue weighted by molar-refractivity contribution is 5.80. The van der Waals surface area contributed by atoms with Crippen LogP contribution in [0.5, 0.6) is 0 Å². The second-order valence-electron chi connectivity index (χ2n) is 4.25. The average molecular weight is 240 g/mol. The predicted octanol–water partition coefficient (Wildman–Crippen LogP) is 1.88. The summed E-state index contributed by atoms with van der Waals surface area (Å²) in [6, 6.07) is 6.87. The molecule has 4 nitrogen and oxygen atoms in total. The average Bonchev–Trinajstić information content (AvgIpc) is 2.44. The van der Waals surface area contributed by atoms with Crippen LogP contribution in [0.25, 0.3) is 16.5 Å². The number of nitrogens with one attached hydrogen (secondary N) is 1. The zero-order valence-corrected chi connectivity index (χ0v) is 9.72. The van der Waals surface area contributed by atoms with Crippen LogP contribution >= 0.6 is 0 Å². The minimum Gasteiger partial charge on any atom is -0.267 e. The van der Waals surface area contributed by atoms with Gasteiger partial charge in [-0.1, -0.05) is 24.3 Å². The maximum absolute atomic E-state index is 12.3. The van der Waals surface area contributed by atoms with Crippen molar-refractivity contribution in [2.75, 3.05) is 0 Å². The van der Waals surface area contributed by atoms with Crippen molar-refractivity contribution in [3.63, 3.8) is 0 Å². The van der Waals surface area contributed by atoms with Gasteiger partial charge < -0.3 is 0 Å². The molecular formula is C14H12N2O2. The van der Waals surface area contributed by atoms with E-state index in [2.05, 4.69) is 5.10 Å². The first-order valence-corrected chi connectivity index (χ1v) is 5.87. The lowest BCUT2D eigenvalue weighted by molar-refractivity contribution is 0.778. The van der Waals surface area contributed by atoms with Gasteiger partial charge in [-0.25, -0.2) is 4.68 Å². The first kappa shape index (κ1) is 10.8. The van der Waals surface area contributed by atoms with Crippen LogP contribution < -0.4 is 11.1 Å². The molecule has 0 aliphatic heterocycles. The molecule has 1 aromatic carbocycles. The van der Waals surface area contributed by atoms with Crippen LogP contribution in [0.3, 0.4) is 0 Å². The number of H-pyrrole nitrogens is 1. The van der Waals surface area contributed by atoms with Crippen LogP contribution in [-0.4, -0.2) is 9.78 Å². The maximum Gasteiger partial charge on any atom is 0.277 e. The number of hydrogen-bond donors (Lipinski definition) is 1. The number of nitrogens with zero attached hydrogens (tertiary/aromatic N) is 1. The van der Waals surface area contributed by atoms with Gasteiger partial charge in [-0.2, -0.15) is 0 Å². The molecule has 1 aliphatic carbocycles. The molecule has 1 aromatic heterocycles. The molecule has 0 amide bonds. The van der Waals surface area contributed by atoms with Gasteiger partial charge in [0.25, 0.3) is 11.1 Å². The summed E-state index contributed by atoms with van der Waals surface area (Å²) in [5.74, 6) is 0. The highest BCUT2D eigenvalue weighted by Gasteiger charge is 2.10. The molecule has 0 fully saturated rings. The number of aromatic nitrogens is 2. The summed E-state index contributed by atoms with van der Waals surface area (Å²) in [6.45, 7) is 0. The van der Waals surface area contributed by atoms with Crippen LogP contribution in [0.2, 0.25) is 0 Å². The van der Waals surface area contributed by atoms with Crippen molar-refractivity contribution in [2.24, 2.45) is 0 Å². The van der Waals surface area contributed by atoms with E-state index in [1.807, 2.05) is 18.2 Å². The number of rotatable bonds is 1. The van der Waals surface area contributed by atoms with Crippen LogP contribution in [0, 0.1) is 0 Å². The lowest BCUT2D eigenvalue weighted by atomic mass is 10.1. The van der Waals surface area contributed by atoms with Gasteiger partial charge in [-0.15, -0.1) is 0 Å². The SMILES string of the molecule is O=c1[nH]n(C2=CC=CCC2)c(=O)c2ccccc12. The summed E-state index contributed by atoms with van der Waals surface area (Å²) in [6.07, 6.45) is 7.43. The summed E-state index contributed by atoms with van der Waals surface area (Å²) < 4.78 is 1.36. The largest absolute Gasteiger partial charge is 0.277 e. The third-order valence-corrected chi connectivity index (χ3v) is 3.10. The second kappa shape index (κ2) is 4.14. The summed E-state index contributed by atoms with van der Waals surface area (Å²) in [5, 5.41) is 3.53. The molecule has 0 radical (unpaired) electrons. The number of fused-ring (bicyclic) bond motifs is 1. The Morgan fingerprint density at radius 2 is 1.89 bits per heavy atom. The van der Waals surface area contributed by atoms with Crippen molar-refractivity contribution in [3.05, 3.63) is 63.2 Å². The van der Waals surface area contributed by atoms with E-state index < -0.39 is 0 Å². The van der Waals surface area contributed by atoms with E-state index in [1.54, 1.807) is 24.3 Å². The summed E-state index contributed by atoms with van der Waals surface area (Å²) in [4.78, 5) is 24.2. The Bertz CT molecular complexity index is 778. The van der Waals surface area contributed by atoms with Crippen molar-refractivity contribution in [2.45, 2.75) is 12.8 Å². The van der Waals surface area contributed by atoms with E-state index in [0.29, 0.717) is 10.8 Å². The van der Waals surface area contributed by atoms with E-state index in [9.17, 15) is 9.59 Å². The molecule has 1 heterocycles. The van der Waals surface area contributed by atoms with Gasteiger partial charge in [-0.3, -0.25) is 14.7 Å². The predicted molar refractivity (Wildman–Crippen MR) is 71.5 cm³/mol. The lowest BCUT2D eigenvalue weighted by Crippen LogP contribution is -2.29. The molecule has 0 spiro atoms. The van der Waals surface area contributed by atoms with E-state index in [0.717, 1.165) is 18.5 Å². The topological polar surface area (TPSA) is 54.9 Å². The first-order valence-electron chi connectivity index (χ1n) is 5.87. The summed E-state index contributed by atoms with van der Waals surface area (Å²) in [7, 11) is 0. The molecule has 18 heavy (non-hydrogen) atoms. The molecular weight excluding hydrogens is 228 g/mol. The Morgan fingerprint density at radius 1 is 1.11 bits per heavy atom. The van der Waals surface area contributed by atoms with Crippen LogP contribution in [-0.2, 0) is 0 Å². The number of hydrogen-bond acceptors (Lipinski definition) is 2. The smallest absolute Gasteiger partial charge is 0.267 e. The molecule has 0 bridgehead atoms. The standard InChI is InChI=1S/C14H12N2O2/c17-13-11-8-4-5-9-12(11)14(18)16(15-13)10-6-2-1-3-7-10/h1-2,4-6,8-9H,3,7H2,(H,15,17). The van der Waals surface area contributed by atoms with Gasteiger partial charge in [0.15, 0.2) is 0 Å². The second-order valence-corrected chi connectivity index (χ2v) is 4.25. The minimum atomic E-state index is -0.236. The van der Waals surface area contributed by atoms with Gasteiger partial charge in [0.2, 0.25) is 0 Å². The molecule has 2 aromatic rings. The highest BCUT2D eigenvalue weighted by atomic mass is 16.2. The Kier molecular flexibility index (Phi) is 2.48. The van der Waals surface area contributed by atoms with Crippen molar-refractivity contribution in [3.8, 4) is 0 Å². The van der Waals surface area contributed by atoms with Crippen LogP contribution in [0.4, 0.5) is 0 Å². The molecule has 1 N–H and O–H groups in total. The molecule has 4 heteroatoms. The lowest BCUT2D eigenvalue weighted by Gasteiger charge is -2.12. The molecule has 0 unspecified atom stereocenters. The third-order valence-electron chi connectivity index (χ3n) is 3.10. The highest BCUT2D eigenvalue weighted by Crippen LogP contribution is 2.14. The Morgan fingerprint density at radius 3 is 2.61 bits per heavy atom. The molecule has 90 valence electrons. The number of allylic oxidation sites excluding steroid dienone is 4. The van der Waals surface area contributed by atoms with E-state index >= 15 is 0 Å². The number of benzene rings is 1. The van der Waals surface area contributed by atoms with E-state index in [-0.39, 0.29) is 11.1 Å². The normalized spacial score (nSPS) is 14.8. The monoisotopic (exact) mass is 240 g/mol. The van der Waals surface area contributed by atoms with Gasteiger partial charge in [0, 0.05) is 5.70 Å². The molecule has 0 saturated carbocycles. The fourth-order valence-corrected chi connectivity index (χ4v) is 2.18. The minimum absolute atomic E-state index is 0.174. The molecule has 1 aliphatic rings. The van der Waals surface area contributed by atoms with E-state index in [1.165, 1.54) is 4.68 Å². The van der Waals surface area contributed by atoms with Crippen molar-refractivity contribution < 1.29 is 0 Å². The van der Waals surface area contributed by atoms with Gasteiger partial charge in [0.05, 0.1) is 10.8 Å². The Labute approximate surface area is 103 Å². The zero-order valence-electron chi connectivity index (χ0n) is 9.72. The Hall–Kier alpha value is -2.36. The fraction of sp³-hybridized carbons (Fsp3) is 0.143. The molecule has 0 saturated heterocycles. The van der Waals surface area contributed by atoms with Crippen LogP contribution in [0.15, 0.2) is 52.1 Å². The quantitative estimate of drug-likeness (QED) is 0.827. The van der Waals surface area contributed by atoms with Gasteiger partial charge >= 0.3 is 0 Å². The summed E-state index contributed by atoms with van der Waals surface area (Å²) in [5.41, 5.74) is 0.415. The first-order chi connectivity index (χ1) is 8.77. The van der Waals surface area contributed by atoms with Crippen LogP contribution in [0.1, 0.15) is 12.8 Å². The Balaban J connectivity index is 2.35. The third kappa shape index (κ3) is 1.62. The van der Waals surface area contributed by atoms with Gasteiger partial charge in [-0.05, 0) is 31.1 Å². The van der Waals surface area contributed by atoms with Gasteiger partial charge in [0.1, 0.15) is 0 Å². The van der Waals surface area contributed by atoms with Crippen molar-refractivity contribution >= 4 is 16.5 Å². The van der Waals surface area contributed by atoms with Crippen molar-refractivity contribution in [1.82, 2.24) is 9.78 Å². The molecule has 3 rings (SSSR count). The molecule has 0 atom stereocenters. The van der Waals surface area contributed by atoms with E-state index in [4.69, 9.17) is 0 Å².